The number of carbonyl (C=O) groups excluding carboxylic acids is 1. The molecule has 0 aliphatic heterocycles. The van der Waals surface area contributed by atoms with Crippen molar-refractivity contribution < 1.29 is 14.5 Å². The van der Waals surface area contributed by atoms with Crippen molar-refractivity contribution in [3.05, 3.63) is 28.3 Å². The molecule has 0 aliphatic rings. The summed E-state index contributed by atoms with van der Waals surface area (Å²) in [5, 5.41) is 13.9. The Balaban J connectivity index is 2.94. The predicted molar refractivity (Wildman–Crippen MR) is 76.0 cm³/mol. The molecule has 7 heteroatoms. The van der Waals surface area contributed by atoms with E-state index < -0.39 is 11.0 Å². The first-order valence-electron chi connectivity index (χ1n) is 6.25. The van der Waals surface area contributed by atoms with Crippen molar-refractivity contribution in [3.63, 3.8) is 0 Å². The average Bonchev–Trinajstić information content (AvgIpc) is 2.37. The van der Waals surface area contributed by atoms with E-state index in [1.165, 1.54) is 17.0 Å². The normalized spacial score (nSPS) is 11.6. The van der Waals surface area contributed by atoms with Crippen LogP contribution in [0.2, 0.25) is 0 Å². The van der Waals surface area contributed by atoms with Crippen LogP contribution >= 0.6 is 0 Å². The molecule has 1 aromatic carbocycles. The van der Waals surface area contributed by atoms with Crippen molar-refractivity contribution in [2.75, 3.05) is 26.0 Å². The Morgan fingerprint density at radius 2 is 2.15 bits per heavy atom. The third-order valence-corrected chi connectivity index (χ3v) is 2.65. The number of nitrogens with one attached hydrogen (secondary N) is 1. The maximum atomic E-state index is 11.8. The van der Waals surface area contributed by atoms with E-state index in [9.17, 15) is 14.9 Å². The Kier molecular flexibility index (Phi) is 5.31. The third kappa shape index (κ3) is 3.84. The lowest BCUT2D eigenvalue weighted by Crippen LogP contribution is -2.36. The molecule has 110 valence electrons. The van der Waals surface area contributed by atoms with Gasteiger partial charge in [0.1, 0.15) is 6.04 Å². The second-order valence-corrected chi connectivity index (χ2v) is 4.47. The highest BCUT2D eigenvalue weighted by molar-refractivity contribution is 5.84. The molecule has 0 aromatic heterocycles. The van der Waals surface area contributed by atoms with E-state index in [1.807, 2.05) is 0 Å². The minimum absolute atomic E-state index is 0.0821. The van der Waals surface area contributed by atoms with Crippen molar-refractivity contribution in [2.24, 2.45) is 0 Å². The molecule has 0 aliphatic carbocycles. The highest BCUT2D eigenvalue weighted by atomic mass is 16.6. The van der Waals surface area contributed by atoms with E-state index in [4.69, 9.17) is 4.74 Å². The molecular formula is C13H19N3O4. The van der Waals surface area contributed by atoms with E-state index in [0.29, 0.717) is 12.3 Å². The highest BCUT2D eigenvalue weighted by Gasteiger charge is 2.18. The average molecular weight is 281 g/mol. The van der Waals surface area contributed by atoms with Gasteiger partial charge in [-0.2, -0.15) is 0 Å². The Hall–Kier alpha value is -2.31. The predicted octanol–water partition coefficient (Wildman–Crippen LogP) is 1.88. The molecule has 0 saturated carbocycles. The third-order valence-electron chi connectivity index (χ3n) is 2.65. The summed E-state index contributed by atoms with van der Waals surface area (Å²) in [4.78, 5) is 23.6. The zero-order valence-corrected chi connectivity index (χ0v) is 12.0. The molecule has 1 aromatic rings. The van der Waals surface area contributed by atoms with E-state index in [1.54, 1.807) is 34.0 Å². The van der Waals surface area contributed by atoms with Gasteiger partial charge in [0.25, 0.3) is 0 Å². The topological polar surface area (TPSA) is 84.7 Å². The van der Waals surface area contributed by atoms with Gasteiger partial charge in [0.15, 0.2) is 5.75 Å². The van der Waals surface area contributed by atoms with E-state index >= 15 is 0 Å². The fourth-order valence-corrected chi connectivity index (χ4v) is 1.72. The minimum Gasteiger partial charge on any atom is -0.487 e. The maximum absolute atomic E-state index is 11.8. The first kappa shape index (κ1) is 15.7. The van der Waals surface area contributed by atoms with Gasteiger partial charge in [-0.3, -0.25) is 14.9 Å². The first-order chi connectivity index (χ1) is 9.36. The quantitative estimate of drug-likeness (QED) is 0.635. The van der Waals surface area contributed by atoms with Crippen LogP contribution in [0.5, 0.6) is 5.75 Å². The summed E-state index contributed by atoms with van der Waals surface area (Å²) in [5.41, 5.74) is 0.505. The van der Waals surface area contributed by atoms with Gasteiger partial charge >= 0.3 is 5.69 Å². The second kappa shape index (κ2) is 6.74. The molecule has 20 heavy (non-hydrogen) atoms. The van der Waals surface area contributed by atoms with Gasteiger partial charge in [-0.25, -0.2) is 0 Å². The number of benzene rings is 1. The van der Waals surface area contributed by atoms with E-state index in [2.05, 4.69) is 5.32 Å². The smallest absolute Gasteiger partial charge is 0.311 e. The Bertz CT molecular complexity index is 502. The fraction of sp³-hybridized carbons (Fsp3) is 0.462. The lowest BCUT2D eigenvalue weighted by atomic mass is 10.2. The first-order valence-corrected chi connectivity index (χ1v) is 6.25. The maximum Gasteiger partial charge on any atom is 0.311 e. The van der Waals surface area contributed by atoms with Gasteiger partial charge in [0.2, 0.25) is 5.91 Å². The molecule has 7 nitrogen and oxygen atoms in total. The molecule has 0 heterocycles. The molecule has 0 radical (unpaired) electrons. The van der Waals surface area contributed by atoms with Crippen molar-refractivity contribution >= 4 is 17.3 Å². The molecule has 1 unspecified atom stereocenters. The molecule has 0 spiro atoms. The zero-order chi connectivity index (χ0) is 15.3. The van der Waals surface area contributed by atoms with Gasteiger partial charge in [0.05, 0.1) is 11.5 Å². The van der Waals surface area contributed by atoms with Gasteiger partial charge < -0.3 is 15.0 Å². The van der Waals surface area contributed by atoms with Crippen LogP contribution in [0.15, 0.2) is 18.2 Å². The van der Waals surface area contributed by atoms with Crippen LogP contribution in [0.25, 0.3) is 0 Å². The number of carbonyl (C=O) groups is 1. The van der Waals surface area contributed by atoms with Crippen molar-refractivity contribution in [3.8, 4) is 5.75 Å². The van der Waals surface area contributed by atoms with Gasteiger partial charge in [-0.1, -0.05) is 0 Å². The molecule has 0 bridgehead atoms. The number of nitro benzene ring substituents is 1. The number of nitro groups is 1. The lowest BCUT2D eigenvalue weighted by molar-refractivity contribution is -0.385. The number of rotatable bonds is 6. The van der Waals surface area contributed by atoms with Gasteiger partial charge in [-0.05, 0) is 19.9 Å². The number of likely N-dealkylation sites (N-methyl/N-ethyl adjacent to an activating group) is 1. The SMILES string of the molecule is CCOc1cc(NC(C)C(=O)N(C)C)ccc1[N+](=O)[O-]. The lowest BCUT2D eigenvalue weighted by Gasteiger charge is -2.19. The fourth-order valence-electron chi connectivity index (χ4n) is 1.72. The van der Waals surface area contributed by atoms with Crippen LogP contribution < -0.4 is 10.1 Å². The summed E-state index contributed by atoms with van der Waals surface area (Å²) in [6.07, 6.45) is 0. The second-order valence-electron chi connectivity index (χ2n) is 4.47. The molecule has 1 rings (SSSR count). The van der Waals surface area contributed by atoms with Gasteiger partial charge in [0, 0.05) is 31.9 Å². The van der Waals surface area contributed by atoms with Crippen molar-refractivity contribution in [1.82, 2.24) is 4.90 Å². The number of ether oxygens (including phenoxy) is 1. The largest absolute Gasteiger partial charge is 0.487 e. The van der Waals surface area contributed by atoms with Crippen molar-refractivity contribution in [1.29, 1.82) is 0 Å². The number of hydrogen-bond acceptors (Lipinski definition) is 5. The van der Waals surface area contributed by atoms with Crippen LogP contribution in [-0.4, -0.2) is 42.5 Å². The number of anilines is 1. The van der Waals surface area contributed by atoms with E-state index in [0.717, 1.165) is 0 Å². The number of hydrogen-bond donors (Lipinski definition) is 1. The standard InChI is InChI=1S/C13H19N3O4/c1-5-20-12-8-10(6-7-11(12)16(18)19)14-9(2)13(17)15(3)4/h6-9,14H,5H2,1-4H3. The van der Waals surface area contributed by atoms with Crippen LogP contribution in [0.4, 0.5) is 11.4 Å². The number of amides is 1. The molecule has 0 fully saturated rings. The summed E-state index contributed by atoms with van der Waals surface area (Å²) >= 11 is 0. The van der Waals surface area contributed by atoms with Crippen LogP contribution in [0.3, 0.4) is 0 Å². The molecule has 1 amide bonds. The highest BCUT2D eigenvalue weighted by Crippen LogP contribution is 2.30. The van der Waals surface area contributed by atoms with Crippen molar-refractivity contribution in [2.45, 2.75) is 19.9 Å². The summed E-state index contributed by atoms with van der Waals surface area (Å²) in [7, 11) is 3.34. The Morgan fingerprint density at radius 3 is 2.65 bits per heavy atom. The van der Waals surface area contributed by atoms with E-state index in [-0.39, 0.29) is 17.3 Å². The van der Waals surface area contributed by atoms with Crippen LogP contribution in [0.1, 0.15) is 13.8 Å². The van der Waals surface area contributed by atoms with Crippen LogP contribution in [-0.2, 0) is 4.79 Å². The monoisotopic (exact) mass is 281 g/mol. The molecule has 0 saturated heterocycles. The molecule has 1 atom stereocenters. The summed E-state index contributed by atoms with van der Waals surface area (Å²) in [5.74, 6) is 0.105. The minimum atomic E-state index is -0.497. The summed E-state index contributed by atoms with van der Waals surface area (Å²) in [6.45, 7) is 3.81. The molecular weight excluding hydrogens is 262 g/mol. The Morgan fingerprint density at radius 1 is 1.50 bits per heavy atom. The zero-order valence-electron chi connectivity index (χ0n) is 12.0. The summed E-state index contributed by atoms with van der Waals surface area (Å²) < 4.78 is 5.25. The Labute approximate surface area is 117 Å². The van der Waals surface area contributed by atoms with Crippen LogP contribution in [0, 0.1) is 10.1 Å². The summed E-state index contributed by atoms with van der Waals surface area (Å²) in [6, 6.07) is 4.02. The molecule has 1 N–H and O–H groups in total. The number of nitrogens with zero attached hydrogens (tertiary/aromatic N) is 2. The van der Waals surface area contributed by atoms with Gasteiger partial charge in [-0.15, -0.1) is 0 Å².